The first-order valence-electron chi connectivity index (χ1n) is 5.61. The standard InChI is InChI=1S/C13H11FN4O2/c14-9-3-1-2-4-10(9)17-13(19)11-6-5-8(7-16-11)12(15)18-20/h1-7,20H,(H2,15,18)(H,17,19). The molecule has 1 heterocycles. The molecule has 0 bridgehead atoms. The van der Waals surface area contributed by atoms with E-state index < -0.39 is 11.7 Å². The molecule has 0 spiro atoms. The van der Waals surface area contributed by atoms with Crippen LogP contribution < -0.4 is 11.1 Å². The average Bonchev–Trinajstić information content (AvgIpc) is 2.49. The number of benzene rings is 1. The fourth-order valence-corrected chi connectivity index (χ4v) is 1.49. The summed E-state index contributed by atoms with van der Waals surface area (Å²) in [5, 5.41) is 13.7. The molecule has 7 heteroatoms. The SMILES string of the molecule is NC(=NO)c1ccc(C(=O)Nc2ccccc2F)nc1. The second-order valence-corrected chi connectivity index (χ2v) is 3.85. The van der Waals surface area contributed by atoms with Crippen LogP contribution in [0.4, 0.5) is 10.1 Å². The third-order valence-corrected chi connectivity index (χ3v) is 2.52. The molecule has 1 aromatic heterocycles. The lowest BCUT2D eigenvalue weighted by Crippen LogP contribution is -2.17. The van der Waals surface area contributed by atoms with Crippen molar-refractivity contribution < 1.29 is 14.4 Å². The minimum atomic E-state index is -0.554. The molecular weight excluding hydrogens is 263 g/mol. The smallest absolute Gasteiger partial charge is 0.274 e. The highest BCUT2D eigenvalue weighted by molar-refractivity contribution is 6.03. The molecule has 102 valence electrons. The highest BCUT2D eigenvalue weighted by Crippen LogP contribution is 2.13. The molecule has 0 fully saturated rings. The second-order valence-electron chi connectivity index (χ2n) is 3.85. The molecule has 0 aliphatic carbocycles. The number of hydrogen-bond acceptors (Lipinski definition) is 4. The van der Waals surface area contributed by atoms with Crippen molar-refractivity contribution >= 4 is 17.4 Å². The minimum Gasteiger partial charge on any atom is -0.409 e. The van der Waals surface area contributed by atoms with Crippen LogP contribution in [-0.2, 0) is 0 Å². The third kappa shape index (κ3) is 2.89. The number of carbonyl (C=O) groups is 1. The van der Waals surface area contributed by atoms with Gasteiger partial charge >= 0.3 is 0 Å². The number of oxime groups is 1. The van der Waals surface area contributed by atoms with Gasteiger partial charge in [0.15, 0.2) is 5.84 Å². The number of rotatable bonds is 3. The molecule has 0 aliphatic rings. The van der Waals surface area contributed by atoms with Crippen LogP contribution in [0.3, 0.4) is 0 Å². The zero-order chi connectivity index (χ0) is 14.5. The van der Waals surface area contributed by atoms with E-state index in [1.165, 1.54) is 36.5 Å². The zero-order valence-corrected chi connectivity index (χ0v) is 10.2. The molecule has 0 atom stereocenters. The maximum absolute atomic E-state index is 13.4. The van der Waals surface area contributed by atoms with E-state index in [1.807, 2.05) is 0 Å². The largest absolute Gasteiger partial charge is 0.409 e. The van der Waals surface area contributed by atoms with E-state index in [0.29, 0.717) is 5.56 Å². The molecule has 1 amide bonds. The van der Waals surface area contributed by atoms with Crippen LogP contribution in [0, 0.1) is 5.82 Å². The third-order valence-electron chi connectivity index (χ3n) is 2.52. The van der Waals surface area contributed by atoms with Crippen LogP contribution in [0.15, 0.2) is 47.8 Å². The first-order valence-corrected chi connectivity index (χ1v) is 5.61. The summed E-state index contributed by atoms with van der Waals surface area (Å²) in [6.07, 6.45) is 1.28. The fraction of sp³-hybridized carbons (Fsp3) is 0. The van der Waals surface area contributed by atoms with Gasteiger partial charge in [-0.2, -0.15) is 0 Å². The molecule has 2 rings (SSSR count). The number of anilines is 1. The topological polar surface area (TPSA) is 101 Å². The normalized spacial score (nSPS) is 11.2. The van der Waals surface area contributed by atoms with Crippen molar-refractivity contribution in [2.24, 2.45) is 10.9 Å². The monoisotopic (exact) mass is 274 g/mol. The Labute approximate surface area is 113 Å². The predicted molar refractivity (Wildman–Crippen MR) is 71.1 cm³/mol. The van der Waals surface area contributed by atoms with Gasteiger partial charge in [0.2, 0.25) is 0 Å². The van der Waals surface area contributed by atoms with E-state index in [9.17, 15) is 9.18 Å². The van der Waals surface area contributed by atoms with E-state index in [4.69, 9.17) is 10.9 Å². The first kappa shape index (κ1) is 13.5. The number of amides is 1. The van der Waals surface area contributed by atoms with Crippen molar-refractivity contribution in [2.75, 3.05) is 5.32 Å². The maximum Gasteiger partial charge on any atom is 0.274 e. The lowest BCUT2D eigenvalue weighted by molar-refractivity contribution is 0.102. The summed E-state index contributed by atoms with van der Waals surface area (Å²) in [7, 11) is 0. The Morgan fingerprint density at radius 2 is 2.05 bits per heavy atom. The number of carbonyl (C=O) groups excluding carboxylic acids is 1. The summed E-state index contributed by atoms with van der Waals surface area (Å²) in [6, 6.07) is 8.67. The van der Waals surface area contributed by atoms with Crippen molar-refractivity contribution in [3.05, 3.63) is 59.7 Å². The minimum absolute atomic E-state index is 0.0693. The number of nitrogens with two attached hydrogens (primary N) is 1. The number of para-hydroxylation sites is 1. The van der Waals surface area contributed by atoms with Gasteiger partial charge in [-0.1, -0.05) is 17.3 Å². The van der Waals surface area contributed by atoms with Gasteiger partial charge in [-0.3, -0.25) is 9.78 Å². The molecular formula is C13H11FN4O2. The zero-order valence-electron chi connectivity index (χ0n) is 10.2. The lowest BCUT2D eigenvalue weighted by atomic mass is 10.2. The maximum atomic E-state index is 13.4. The van der Waals surface area contributed by atoms with Crippen LogP contribution in [0.5, 0.6) is 0 Å². The molecule has 0 saturated carbocycles. The van der Waals surface area contributed by atoms with E-state index in [1.54, 1.807) is 6.07 Å². The van der Waals surface area contributed by atoms with Crippen LogP contribution in [0.2, 0.25) is 0 Å². The number of amidine groups is 1. The van der Waals surface area contributed by atoms with Crippen LogP contribution in [-0.4, -0.2) is 21.9 Å². The predicted octanol–water partition coefficient (Wildman–Crippen LogP) is 1.57. The second kappa shape index (κ2) is 5.79. The lowest BCUT2D eigenvalue weighted by Gasteiger charge is -2.06. The van der Waals surface area contributed by atoms with Gasteiger partial charge < -0.3 is 16.3 Å². The van der Waals surface area contributed by atoms with Gasteiger partial charge in [0, 0.05) is 11.8 Å². The van der Waals surface area contributed by atoms with Gasteiger partial charge in [-0.15, -0.1) is 0 Å². The number of nitrogens with zero attached hydrogens (tertiary/aromatic N) is 2. The van der Waals surface area contributed by atoms with Gasteiger partial charge in [0.05, 0.1) is 5.69 Å². The molecule has 0 unspecified atom stereocenters. The van der Waals surface area contributed by atoms with Gasteiger partial charge in [0.1, 0.15) is 11.5 Å². The average molecular weight is 274 g/mol. The number of pyridine rings is 1. The summed E-state index contributed by atoms with van der Waals surface area (Å²) in [5.41, 5.74) is 5.90. The van der Waals surface area contributed by atoms with Crippen LogP contribution in [0.25, 0.3) is 0 Å². The Kier molecular flexibility index (Phi) is 3.90. The summed E-state index contributed by atoms with van der Waals surface area (Å²) < 4.78 is 13.4. The molecule has 1 aromatic carbocycles. The molecule has 0 radical (unpaired) electrons. The molecule has 0 saturated heterocycles. The number of nitrogens with one attached hydrogen (secondary N) is 1. The summed E-state index contributed by atoms with van der Waals surface area (Å²) >= 11 is 0. The van der Waals surface area contributed by atoms with Gasteiger partial charge in [0.25, 0.3) is 5.91 Å². The number of halogens is 1. The number of hydrogen-bond donors (Lipinski definition) is 3. The highest BCUT2D eigenvalue weighted by Gasteiger charge is 2.10. The van der Waals surface area contributed by atoms with Crippen molar-refractivity contribution in [1.82, 2.24) is 4.98 Å². The summed E-state index contributed by atoms with van der Waals surface area (Å²) in [6.45, 7) is 0. The molecule has 20 heavy (non-hydrogen) atoms. The van der Waals surface area contributed by atoms with Crippen molar-refractivity contribution in [3.63, 3.8) is 0 Å². The molecule has 4 N–H and O–H groups in total. The Balaban J connectivity index is 2.16. The Morgan fingerprint density at radius 1 is 1.30 bits per heavy atom. The number of aromatic nitrogens is 1. The summed E-state index contributed by atoms with van der Waals surface area (Å²) in [4.78, 5) is 15.7. The Hall–Kier alpha value is -2.96. The van der Waals surface area contributed by atoms with E-state index in [0.717, 1.165) is 0 Å². The van der Waals surface area contributed by atoms with Crippen LogP contribution >= 0.6 is 0 Å². The van der Waals surface area contributed by atoms with E-state index in [2.05, 4.69) is 15.5 Å². The molecule has 2 aromatic rings. The summed E-state index contributed by atoms with van der Waals surface area (Å²) in [5.74, 6) is -1.20. The fourth-order valence-electron chi connectivity index (χ4n) is 1.49. The van der Waals surface area contributed by atoms with E-state index >= 15 is 0 Å². The van der Waals surface area contributed by atoms with Crippen LogP contribution in [0.1, 0.15) is 16.1 Å². The van der Waals surface area contributed by atoms with Crippen molar-refractivity contribution in [3.8, 4) is 0 Å². The van der Waals surface area contributed by atoms with Crippen molar-refractivity contribution in [2.45, 2.75) is 0 Å². The Bertz CT molecular complexity index is 656. The quantitative estimate of drug-likeness (QED) is 0.342. The van der Waals surface area contributed by atoms with Crippen molar-refractivity contribution in [1.29, 1.82) is 0 Å². The Morgan fingerprint density at radius 3 is 2.65 bits per heavy atom. The molecule has 6 nitrogen and oxygen atoms in total. The van der Waals surface area contributed by atoms with Gasteiger partial charge in [-0.25, -0.2) is 4.39 Å². The molecule has 0 aliphatic heterocycles. The highest BCUT2D eigenvalue weighted by atomic mass is 19.1. The van der Waals surface area contributed by atoms with Gasteiger partial charge in [-0.05, 0) is 24.3 Å². The first-order chi connectivity index (χ1) is 9.61. The van der Waals surface area contributed by atoms with E-state index in [-0.39, 0.29) is 17.2 Å².